The van der Waals surface area contributed by atoms with Gasteiger partial charge in [0, 0.05) is 12.6 Å². The highest BCUT2D eigenvalue weighted by Crippen LogP contribution is 2.24. The molecule has 0 aliphatic heterocycles. The molecule has 2 N–H and O–H groups in total. The van der Waals surface area contributed by atoms with Gasteiger partial charge in [-0.3, -0.25) is 5.32 Å². The van der Waals surface area contributed by atoms with Crippen LogP contribution in [0.2, 0.25) is 0 Å². The Labute approximate surface area is 121 Å². The molecule has 0 aliphatic rings. The maximum atomic E-state index is 12.0. The fourth-order valence-electron chi connectivity index (χ4n) is 2.47. The third-order valence-corrected chi connectivity index (χ3v) is 3.52. The molecule has 1 atom stereocenters. The van der Waals surface area contributed by atoms with Crippen molar-refractivity contribution in [1.29, 1.82) is 0 Å². The van der Waals surface area contributed by atoms with Crippen LogP contribution in [0, 0.1) is 0 Å². The minimum absolute atomic E-state index is 0.0851. The molecule has 0 heterocycles. The SMILES string of the molecule is CCN(CC)CC(NC(C)C)(C(=O)O)c1ccccc1. The van der Waals surface area contributed by atoms with Gasteiger partial charge < -0.3 is 10.0 Å². The summed E-state index contributed by atoms with van der Waals surface area (Å²) >= 11 is 0. The Hall–Kier alpha value is -1.39. The van der Waals surface area contributed by atoms with Crippen molar-refractivity contribution < 1.29 is 9.90 Å². The molecule has 1 aromatic carbocycles. The normalized spacial score (nSPS) is 14.5. The number of rotatable bonds is 8. The Bertz CT molecular complexity index is 416. The number of carbonyl (C=O) groups is 1. The molecule has 0 spiro atoms. The summed E-state index contributed by atoms with van der Waals surface area (Å²) in [5, 5.41) is 13.1. The van der Waals surface area contributed by atoms with Crippen LogP contribution in [-0.2, 0) is 10.3 Å². The Morgan fingerprint density at radius 1 is 1.25 bits per heavy atom. The van der Waals surface area contributed by atoms with E-state index in [4.69, 9.17) is 0 Å². The maximum absolute atomic E-state index is 12.0. The van der Waals surface area contributed by atoms with Crippen molar-refractivity contribution >= 4 is 5.97 Å². The van der Waals surface area contributed by atoms with Crippen molar-refractivity contribution in [2.24, 2.45) is 0 Å². The van der Waals surface area contributed by atoms with Gasteiger partial charge >= 0.3 is 5.97 Å². The summed E-state index contributed by atoms with van der Waals surface area (Å²) in [6.07, 6.45) is 0. The van der Waals surface area contributed by atoms with Crippen LogP contribution in [-0.4, -0.2) is 41.7 Å². The Morgan fingerprint density at radius 3 is 2.20 bits per heavy atom. The lowest BCUT2D eigenvalue weighted by molar-refractivity contribution is -0.146. The number of hydrogen-bond donors (Lipinski definition) is 2. The van der Waals surface area contributed by atoms with Gasteiger partial charge in [0.15, 0.2) is 5.54 Å². The van der Waals surface area contributed by atoms with Crippen LogP contribution in [0.25, 0.3) is 0 Å². The summed E-state index contributed by atoms with van der Waals surface area (Å²) in [4.78, 5) is 14.2. The predicted molar refractivity (Wildman–Crippen MR) is 81.8 cm³/mol. The summed E-state index contributed by atoms with van der Waals surface area (Å²) in [7, 11) is 0. The van der Waals surface area contributed by atoms with Crippen molar-refractivity contribution in [2.45, 2.75) is 39.3 Å². The summed E-state index contributed by atoms with van der Waals surface area (Å²) < 4.78 is 0. The molecule has 1 unspecified atom stereocenters. The second-order valence-corrected chi connectivity index (χ2v) is 5.34. The molecule has 0 aliphatic carbocycles. The van der Waals surface area contributed by atoms with E-state index in [0.29, 0.717) is 6.54 Å². The van der Waals surface area contributed by atoms with Crippen molar-refractivity contribution in [1.82, 2.24) is 10.2 Å². The number of hydrogen-bond acceptors (Lipinski definition) is 3. The molecular weight excluding hydrogens is 252 g/mol. The van der Waals surface area contributed by atoms with Gasteiger partial charge in [0.2, 0.25) is 0 Å². The Morgan fingerprint density at radius 2 is 1.80 bits per heavy atom. The summed E-state index contributed by atoms with van der Waals surface area (Å²) in [5.41, 5.74) is -0.269. The Kier molecular flexibility index (Phi) is 6.17. The standard InChI is InChI=1S/C16H26N2O2/c1-5-18(6-2)12-16(15(19)20,17-13(3)4)14-10-8-7-9-11-14/h7-11,13,17H,5-6,12H2,1-4H3,(H,19,20). The van der Waals surface area contributed by atoms with Gasteiger partial charge in [-0.15, -0.1) is 0 Å². The van der Waals surface area contributed by atoms with Crippen molar-refractivity contribution in [3.05, 3.63) is 35.9 Å². The minimum Gasteiger partial charge on any atom is -0.480 e. The highest BCUT2D eigenvalue weighted by atomic mass is 16.4. The third kappa shape index (κ3) is 3.81. The van der Waals surface area contributed by atoms with E-state index in [1.165, 1.54) is 0 Å². The summed E-state index contributed by atoms with van der Waals surface area (Å²) in [6, 6.07) is 9.53. The van der Waals surface area contributed by atoms with Gasteiger partial charge in [-0.1, -0.05) is 44.2 Å². The molecular formula is C16H26N2O2. The molecule has 0 fully saturated rings. The molecule has 0 radical (unpaired) electrons. The van der Waals surface area contributed by atoms with Gasteiger partial charge in [-0.05, 0) is 32.5 Å². The second kappa shape index (κ2) is 7.41. The van der Waals surface area contributed by atoms with Crippen LogP contribution >= 0.6 is 0 Å². The first kappa shape index (κ1) is 16.7. The number of nitrogens with zero attached hydrogens (tertiary/aromatic N) is 1. The van der Waals surface area contributed by atoms with E-state index in [1.54, 1.807) is 0 Å². The average molecular weight is 278 g/mol. The molecule has 0 aromatic heterocycles. The van der Waals surface area contributed by atoms with Crippen LogP contribution in [0.15, 0.2) is 30.3 Å². The number of carboxylic acids is 1. The summed E-state index contributed by atoms with van der Waals surface area (Å²) in [6.45, 7) is 10.2. The topological polar surface area (TPSA) is 52.6 Å². The molecule has 0 amide bonds. The van der Waals surface area contributed by atoms with Crippen LogP contribution in [0.5, 0.6) is 0 Å². The smallest absolute Gasteiger partial charge is 0.329 e. The largest absolute Gasteiger partial charge is 0.480 e. The fourth-order valence-corrected chi connectivity index (χ4v) is 2.47. The average Bonchev–Trinajstić information content (AvgIpc) is 2.43. The highest BCUT2D eigenvalue weighted by molar-refractivity contribution is 5.81. The molecule has 0 saturated heterocycles. The van der Waals surface area contributed by atoms with Crippen molar-refractivity contribution in [2.75, 3.05) is 19.6 Å². The predicted octanol–water partition coefficient (Wildman–Crippen LogP) is 2.31. The molecule has 112 valence electrons. The number of carboxylic acid groups (broad SMARTS) is 1. The van der Waals surface area contributed by atoms with Crippen molar-refractivity contribution in [3.63, 3.8) is 0 Å². The molecule has 4 heteroatoms. The fraction of sp³-hybridized carbons (Fsp3) is 0.562. The van der Waals surface area contributed by atoms with E-state index < -0.39 is 11.5 Å². The van der Waals surface area contributed by atoms with E-state index >= 15 is 0 Å². The number of likely N-dealkylation sites (N-methyl/N-ethyl adjacent to an activating group) is 1. The first-order chi connectivity index (χ1) is 9.46. The van der Waals surface area contributed by atoms with Gasteiger partial charge in [-0.25, -0.2) is 4.79 Å². The number of aliphatic carboxylic acids is 1. The lowest BCUT2D eigenvalue weighted by atomic mass is 9.88. The van der Waals surface area contributed by atoms with E-state index in [2.05, 4.69) is 24.1 Å². The zero-order valence-corrected chi connectivity index (χ0v) is 12.9. The third-order valence-electron chi connectivity index (χ3n) is 3.52. The van der Waals surface area contributed by atoms with Crippen molar-refractivity contribution in [3.8, 4) is 0 Å². The molecule has 4 nitrogen and oxygen atoms in total. The molecule has 0 saturated carbocycles. The lowest BCUT2D eigenvalue weighted by Gasteiger charge is -2.37. The quantitative estimate of drug-likeness (QED) is 0.766. The van der Waals surface area contributed by atoms with E-state index in [1.807, 2.05) is 44.2 Å². The van der Waals surface area contributed by atoms with E-state index in [9.17, 15) is 9.90 Å². The first-order valence-electron chi connectivity index (χ1n) is 7.25. The minimum atomic E-state index is -1.07. The van der Waals surface area contributed by atoms with Crippen LogP contribution < -0.4 is 5.32 Å². The van der Waals surface area contributed by atoms with Gasteiger partial charge in [0.05, 0.1) is 0 Å². The number of benzene rings is 1. The maximum Gasteiger partial charge on any atom is 0.329 e. The molecule has 1 aromatic rings. The van der Waals surface area contributed by atoms with Gasteiger partial charge in [0.1, 0.15) is 0 Å². The van der Waals surface area contributed by atoms with Crippen LogP contribution in [0.4, 0.5) is 0 Å². The second-order valence-electron chi connectivity index (χ2n) is 5.34. The van der Waals surface area contributed by atoms with Gasteiger partial charge in [0.25, 0.3) is 0 Å². The molecule has 1 rings (SSSR count). The zero-order chi connectivity index (χ0) is 15.2. The molecule has 20 heavy (non-hydrogen) atoms. The summed E-state index contributed by atoms with van der Waals surface area (Å²) in [5.74, 6) is -0.829. The Balaban J connectivity index is 3.24. The first-order valence-corrected chi connectivity index (χ1v) is 7.25. The lowest BCUT2D eigenvalue weighted by Crippen LogP contribution is -2.58. The van der Waals surface area contributed by atoms with Crippen LogP contribution in [0.1, 0.15) is 33.3 Å². The highest BCUT2D eigenvalue weighted by Gasteiger charge is 2.41. The zero-order valence-electron chi connectivity index (χ0n) is 12.9. The van der Waals surface area contributed by atoms with Crippen LogP contribution in [0.3, 0.4) is 0 Å². The monoisotopic (exact) mass is 278 g/mol. The number of nitrogens with one attached hydrogen (secondary N) is 1. The van der Waals surface area contributed by atoms with E-state index in [-0.39, 0.29) is 6.04 Å². The van der Waals surface area contributed by atoms with E-state index in [0.717, 1.165) is 18.7 Å². The van der Waals surface area contributed by atoms with Gasteiger partial charge in [-0.2, -0.15) is 0 Å². The molecule has 0 bridgehead atoms.